The normalized spacial score (nSPS) is 13.9. The van der Waals surface area contributed by atoms with Gasteiger partial charge in [-0.1, -0.05) is 36.4 Å². The summed E-state index contributed by atoms with van der Waals surface area (Å²) in [6.45, 7) is 1.83. The standard InChI is InChI=1S/C24H24N2O3/c27-23(25-19-11-13-20(14-12-19)26-15-4-1-5-16-26)17-29-24(28)22-10-6-8-18-7-2-3-9-21(18)22/h2-3,6-14H,1,4-5,15-17H2,(H,25,27). The lowest BCUT2D eigenvalue weighted by molar-refractivity contribution is -0.119. The molecule has 0 spiro atoms. The summed E-state index contributed by atoms with van der Waals surface area (Å²) >= 11 is 0. The van der Waals surface area contributed by atoms with Gasteiger partial charge in [-0.2, -0.15) is 0 Å². The van der Waals surface area contributed by atoms with E-state index in [0.717, 1.165) is 23.9 Å². The Morgan fingerprint density at radius 3 is 2.38 bits per heavy atom. The zero-order valence-electron chi connectivity index (χ0n) is 16.3. The number of rotatable bonds is 5. The molecule has 0 atom stereocenters. The molecule has 5 heteroatoms. The lowest BCUT2D eigenvalue weighted by atomic mass is 10.1. The van der Waals surface area contributed by atoms with Crippen molar-refractivity contribution in [2.75, 3.05) is 29.9 Å². The molecule has 0 saturated carbocycles. The van der Waals surface area contributed by atoms with Gasteiger partial charge in [-0.15, -0.1) is 0 Å². The second-order valence-corrected chi connectivity index (χ2v) is 7.25. The van der Waals surface area contributed by atoms with Crippen LogP contribution in [-0.4, -0.2) is 31.6 Å². The van der Waals surface area contributed by atoms with E-state index >= 15 is 0 Å². The fraction of sp³-hybridized carbons (Fsp3) is 0.250. The Bertz CT molecular complexity index is 1000. The molecule has 3 aromatic rings. The number of benzene rings is 3. The summed E-state index contributed by atoms with van der Waals surface area (Å²) in [5.74, 6) is -0.860. The van der Waals surface area contributed by atoms with Crippen LogP contribution in [0.4, 0.5) is 11.4 Å². The summed E-state index contributed by atoms with van der Waals surface area (Å²) in [7, 11) is 0. The van der Waals surface area contributed by atoms with Crippen LogP contribution in [0.25, 0.3) is 10.8 Å². The van der Waals surface area contributed by atoms with Gasteiger partial charge in [-0.25, -0.2) is 4.79 Å². The molecule has 29 heavy (non-hydrogen) atoms. The van der Waals surface area contributed by atoms with Gasteiger partial charge in [0.05, 0.1) is 5.56 Å². The Morgan fingerprint density at radius 2 is 1.59 bits per heavy atom. The maximum absolute atomic E-state index is 12.4. The second-order valence-electron chi connectivity index (χ2n) is 7.25. The maximum Gasteiger partial charge on any atom is 0.339 e. The van der Waals surface area contributed by atoms with Crippen LogP contribution < -0.4 is 10.2 Å². The number of hydrogen-bond donors (Lipinski definition) is 1. The number of carbonyl (C=O) groups is 2. The van der Waals surface area contributed by atoms with Gasteiger partial charge in [-0.05, 0) is 60.4 Å². The van der Waals surface area contributed by atoms with Gasteiger partial charge >= 0.3 is 5.97 Å². The van der Waals surface area contributed by atoms with Crippen molar-refractivity contribution in [1.82, 2.24) is 0 Å². The van der Waals surface area contributed by atoms with Crippen LogP contribution in [0.15, 0.2) is 66.7 Å². The van der Waals surface area contributed by atoms with Gasteiger partial charge in [-0.3, -0.25) is 4.79 Å². The molecule has 1 amide bonds. The van der Waals surface area contributed by atoms with E-state index in [1.165, 1.54) is 24.9 Å². The highest BCUT2D eigenvalue weighted by molar-refractivity contribution is 6.05. The van der Waals surface area contributed by atoms with Crippen molar-refractivity contribution in [3.8, 4) is 0 Å². The molecule has 0 radical (unpaired) electrons. The molecular weight excluding hydrogens is 364 g/mol. The molecule has 0 aromatic heterocycles. The third kappa shape index (κ3) is 4.57. The molecule has 1 aliphatic heterocycles. The average molecular weight is 388 g/mol. The summed E-state index contributed by atoms with van der Waals surface area (Å²) in [5, 5.41) is 4.55. The summed E-state index contributed by atoms with van der Waals surface area (Å²) in [6, 6.07) is 20.9. The lowest BCUT2D eigenvalue weighted by Gasteiger charge is -2.28. The fourth-order valence-electron chi connectivity index (χ4n) is 3.72. The molecule has 3 aromatic carbocycles. The van der Waals surface area contributed by atoms with Gasteiger partial charge in [0.2, 0.25) is 0 Å². The van der Waals surface area contributed by atoms with E-state index in [9.17, 15) is 9.59 Å². The first kappa shape index (κ1) is 19.0. The van der Waals surface area contributed by atoms with Gasteiger partial charge in [0.25, 0.3) is 5.91 Å². The Balaban J connectivity index is 1.33. The fourth-order valence-corrected chi connectivity index (χ4v) is 3.72. The molecule has 1 aliphatic rings. The zero-order chi connectivity index (χ0) is 20.1. The molecule has 148 valence electrons. The highest BCUT2D eigenvalue weighted by Gasteiger charge is 2.14. The predicted molar refractivity (Wildman–Crippen MR) is 115 cm³/mol. The highest BCUT2D eigenvalue weighted by atomic mass is 16.5. The number of nitrogens with zero attached hydrogens (tertiary/aromatic N) is 1. The number of carbonyl (C=O) groups excluding carboxylic acids is 2. The van der Waals surface area contributed by atoms with Crippen LogP contribution in [0.1, 0.15) is 29.6 Å². The number of anilines is 2. The van der Waals surface area contributed by atoms with E-state index in [2.05, 4.69) is 10.2 Å². The van der Waals surface area contributed by atoms with Crippen LogP contribution in [0.3, 0.4) is 0 Å². The van der Waals surface area contributed by atoms with E-state index in [1.807, 2.05) is 60.7 Å². The van der Waals surface area contributed by atoms with E-state index < -0.39 is 5.97 Å². The van der Waals surface area contributed by atoms with E-state index in [-0.39, 0.29) is 12.5 Å². The summed E-state index contributed by atoms with van der Waals surface area (Å²) < 4.78 is 5.23. The monoisotopic (exact) mass is 388 g/mol. The van der Waals surface area contributed by atoms with Crippen LogP contribution in [0, 0.1) is 0 Å². The average Bonchev–Trinajstić information content (AvgIpc) is 2.78. The molecule has 1 N–H and O–H groups in total. The molecule has 1 saturated heterocycles. The molecule has 1 heterocycles. The first-order valence-electron chi connectivity index (χ1n) is 10.0. The number of piperidine rings is 1. The van der Waals surface area contributed by atoms with Crippen molar-refractivity contribution in [2.45, 2.75) is 19.3 Å². The first-order chi connectivity index (χ1) is 14.2. The van der Waals surface area contributed by atoms with E-state index in [1.54, 1.807) is 6.07 Å². The first-order valence-corrected chi connectivity index (χ1v) is 10.0. The Kier molecular flexibility index (Phi) is 5.75. The molecule has 0 bridgehead atoms. The minimum absolute atomic E-state index is 0.323. The maximum atomic E-state index is 12.4. The molecule has 1 fully saturated rings. The largest absolute Gasteiger partial charge is 0.452 e. The number of hydrogen-bond acceptors (Lipinski definition) is 4. The van der Waals surface area contributed by atoms with Crippen molar-refractivity contribution in [3.05, 3.63) is 72.3 Å². The number of nitrogens with one attached hydrogen (secondary N) is 1. The lowest BCUT2D eigenvalue weighted by Crippen LogP contribution is -2.29. The van der Waals surface area contributed by atoms with Crippen molar-refractivity contribution in [3.63, 3.8) is 0 Å². The summed E-state index contributed by atoms with van der Waals surface area (Å²) in [4.78, 5) is 27.0. The third-order valence-corrected chi connectivity index (χ3v) is 5.22. The quantitative estimate of drug-likeness (QED) is 0.648. The van der Waals surface area contributed by atoms with Crippen molar-refractivity contribution >= 4 is 34.0 Å². The number of amides is 1. The molecule has 4 rings (SSSR count). The molecule has 0 aliphatic carbocycles. The van der Waals surface area contributed by atoms with E-state index in [0.29, 0.717) is 11.3 Å². The minimum atomic E-state index is -0.502. The van der Waals surface area contributed by atoms with Crippen LogP contribution in [0.2, 0.25) is 0 Å². The number of esters is 1. The van der Waals surface area contributed by atoms with Crippen LogP contribution in [-0.2, 0) is 9.53 Å². The Hall–Kier alpha value is -3.34. The molecule has 5 nitrogen and oxygen atoms in total. The van der Waals surface area contributed by atoms with Gasteiger partial charge in [0.1, 0.15) is 0 Å². The van der Waals surface area contributed by atoms with Crippen LogP contribution in [0.5, 0.6) is 0 Å². The zero-order valence-corrected chi connectivity index (χ0v) is 16.3. The Labute approximate surface area is 170 Å². The summed E-state index contributed by atoms with van der Waals surface area (Å²) in [6.07, 6.45) is 3.74. The molecular formula is C24H24N2O3. The van der Waals surface area contributed by atoms with Gasteiger partial charge < -0.3 is 15.0 Å². The Morgan fingerprint density at radius 1 is 0.862 bits per heavy atom. The van der Waals surface area contributed by atoms with Crippen molar-refractivity contribution < 1.29 is 14.3 Å². The van der Waals surface area contributed by atoms with Crippen molar-refractivity contribution in [2.24, 2.45) is 0 Å². The highest BCUT2D eigenvalue weighted by Crippen LogP contribution is 2.22. The minimum Gasteiger partial charge on any atom is -0.452 e. The number of ether oxygens (including phenoxy) is 1. The van der Waals surface area contributed by atoms with E-state index in [4.69, 9.17) is 4.74 Å². The number of fused-ring (bicyclic) bond motifs is 1. The van der Waals surface area contributed by atoms with Crippen LogP contribution >= 0.6 is 0 Å². The van der Waals surface area contributed by atoms with Gasteiger partial charge in [0, 0.05) is 24.5 Å². The van der Waals surface area contributed by atoms with Gasteiger partial charge in [0.15, 0.2) is 6.61 Å². The molecule has 0 unspecified atom stereocenters. The smallest absolute Gasteiger partial charge is 0.339 e. The SMILES string of the molecule is O=C(COC(=O)c1cccc2ccccc12)Nc1ccc(N2CCCCC2)cc1. The predicted octanol–water partition coefficient (Wildman–Crippen LogP) is 4.63. The second kappa shape index (κ2) is 8.78. The summed E-state index contributed by atoms with van der Waals surface area (Å²) in [5.41, 5.74) is 2.32. The topological polar surface area (TPSA) is 58.6 Å². The van der Waals surface area contributed by atoms with Crippen molar-refractivity contribution in [1.29, 1.82) is 0 Å². The third-order valence-electron chi connectivity index (χ3n) is 5.22.